The van der Waals surface area contributed by atoms with E-state index in [-0.39, 0.29) is 0 Å². The first-order chi connectivity index (χ1) is 10.9. The number of pyridine rings is 1. The number of hydrogen-bond donors (Lipinski definition) is 1. The molecule has 3 aromatic rings. The lowest BCUT2D eigenvalue weighted by molar-refractivity contribution is 0.0686. The third-order valence-corrected chi connectivity index (χ3v) is 6.08. The second kappa shape index (κ2) is 5.66. The van der Waals surface area contributed by atoms with E-state index in [4.69, 9.17) is 0 Å². The first kappa shape index (κ1) is 15.5. The molecule has 0 aliphatic heterocycles. The average molecular weight is 324 g/mol. The second-order valence-corrected chi connectivity index (χ2v) is 11.8. The van der Waals surface area contributed by atoms with Crippen LogP contribution in [0.5, 0.6) is 0 Å². The summed E-state index contributed by atoms with van der Waals surface area (Å²) in [6.45, 7) is 7.33. The Morgan fingerprint density at radius 1 is 1.17 bits per heavy atom. The van der Waals surface area contributed by atoms with Crippen molar-refractivity contribution in [2.75, 3.05) is 0 Å². The first-order valence-corrected chi connectivity index (χ1v) is 11.1. The van der Waals surface area contributed by atoms with Crippen LogP contribution >= 0.6 is 0 Å². The van der Waals surface area contributed by atoms with E-state index in [1.165, 1.54) is 5.19 Å². The number of fused-ring (bicyclic) bond motifs is 1. The van der Waals surface area contributed by atoms with Crippen LogP contribution in [0, 0.1) is 0 Å². The highest BCUT2D eigenvalue weighted by Crippen LogP contribution is 2.21. The van der Waals surface area contributed by atoms with Crippen LogP contribution in [0.25, 0.3) is 10.9 Å². The Hall–Kier alpha value is -2.40. The fourth-order valence-corrected chi connectivity index (χ4v) is 3.88. The molecule has 2 heterocycles. The minimum absolute atomic E-state index is 0.304. The van der Waals surface area contributed by atoms with Gasteiger partial charge in [-0.15, -0.1) is 0 Å². The van der Waals surface area contributed by atoms with E-state index >= 15 is 0 Å². The Kier molecular flexibility index (Phi) is 3.81. The van der Waals surface area contributed by atoms with Crippen LogP contribution in [0.1, 0.15) is 16.2 Å². The van der Waals surface area contributed by atoms with Gasteiger partial charge in [0.2, 0.25) is 0 Å². The summed E-state index contributed by atoms with van der Waals surface area (Å²) in [5.41, 5.74) is 2.12. The van der Waals surface area contributed by atoms with Crippen molar-refractivity contribution < 1.29 is 9.90 Å². The molecule has 0 spiro atoms. The van der Waals surface area contributed by atoms with Gasteiger partial charge in [-0.25, -0.2) is 4.79 Å². The Labute approximate surface area is 136 Å². The number of nitrogens with zero attached hydrogens (tertiary/aromatic N) is 2. The fourth-order valence-electron chi connectivity index (χ4n) is 2.72. The van der Waals surface area contributed by atoms with Gasteiger partial charge >= 0.3 is 5.97 Å². The summed E-state index contributed by atoms with van der Waals surface area (Å²) in [5.74, 6) is -0.910. The van der Waals surface area contributed by atoms with Crippen molar-refractivity contribution in [1.29, 1.82) is 0 Å². The molecule has 0 atom stereocenters. The van der Waals surface area contributed by atoms with Crippen molar-refractivity contribution >= 4 is 30.1 Å². The van der Waals surface area contributed by atoms with Gasteiger partial charge in [0.25, 0.3) is 0 Å². The molecular formula is C18H20N2O2Si. The topological polar surface area (TPSA) is 55.1 Å². The van der Waals surface area contributed by atoms with Gasteiger partial charge in [-0.05, 0) is 24.3 Å². The Morgan fingerprint density at radius 2 is 1.96 bits per heavy atom. The summed E-state index contributed by atoms with van der Waals surface area (Å²) < 4.78 is 1.85. The molecule has 2 aromatic heterocycles. The van der Waals surface area contributed by atoms with Crippen LogP contribution in [0.4, 0.5) is 0 Å². The maximum atomic E-state index is 11.6. The molecule has 1 N–H and O–H groups in total. The molecule has 5 heteroatoms. The van der Waals surface area contributed by atoms with Crippen molar-refractivity contribution in [3.63, 3.8) is 0 Å². The van der Waals surface area contributed by atoms with Crippen LogP contribution in [-0.2, 0) is 6.54 Å². The number of benzene rings is 1. The fraction of sp³-hybridized carbons (Fsp3) is 0.222. The van der Waals surface area contributed by atoms with E-state index in [9.17, 15) is 9.90 Å². The molecular weight excluding hydrogens is 304 g/mol. The quantitative estimate of drug-likeness (QED) is 0.749. The molecule has 4 nitrogen and oxygen atoms in total. The monoisotopic (exact) mass is 324 g/mol. The molecule has 118 valence electrons. The number of rotatable bonds is 4. The molecule has 1 aromatic carbocycles. The van der Waals surface area contributed by atoms with E-state index in [0.29, 0.717) is 12.2 Å². The lowest BCUT2D eigenvalue weighted by atomic mass is 10.2. The van der Waals surface area contributed by atoms with Crippen LogP contribution in [-0.4, -0.2) is 28.7 Å². The zero-order chi connectivity index (χ0) is 16.6. The van der Waals surface area contributed by atoms with Crippen molar-refractivity contribution in [3.8, 4) is 0 Å². The standard InChI is InChI=1S/C18H20N2O2Si/c1-23(2,3)15-8-7-13-10-17(18(21)22)20(16(13)11-15)12-14-6-4-5-9-19-14/h4-11H,12H2,1-3H3,(H,21,22). The van der Waals surface area contributed by atoms with Gasteiger partial charge < -0.3 is 9.67 Å². The molecule has 0 unspecified atom stereocenters. The van der Waals surface area contributed by atoms with Gasteiger partial charge in [-0.1, -0.05) is 43.0 Å². The Bertz CT molecular complexity index is 864. The summed E-state index contributed by atoms with van der Waals surface area (Å²) in [7, 11) is -1.46. The second-order valence-electron chi connectivity index (χ2n) is 6.77. The minimum Gasteiger partial charge on any atom is -0.477 e. The van der Waals surface area contributed by atoms with Crippen LogP contribution in [0.3, 0.4) is 0 Å². The Morgan fingerprint density at radius 3 is 2.57 bits per heavy atom. The van der Waals surface area contributed by atoms with E-state index < -0.39 is 14.0 Å². The highest BCUT2D eigenvalue weighted by atomic mass is 28.3. The van der Waals surface area contributed by atoms with Crippen molar-refractivity contribution in [3.05, 3.63) is 60.0 Å². The zero-order valence-corrected chi connectivity index (χ0v) is 14.6. The SMILES string of the molecule is C[Si](C)(C)c1ccc2cc(C(=O)O)n(Cc3ccccn3)c2c1. The summed E-state index contributed by atoms with van der Waals surface area (Å²) in [5, 5.41) is 11.8. The van der Waals surface area contributed by atoms with Crippen LogP contribution < -0.4 is 5.19 Å². The van der Waals surface area contributed by atoms with Gasteiger partial charge in [-0.3, -0.25) is 4.98 Å². The number of aromatic carboxylic acids is 1. The minimum atomic E-state index is -1.46. The van der Waals surface area contributed by atoms with Gasteiger partial charge in [0, 0.05) is 17.1 Å². The number of carbonyl (C=O) groups is 1. The lowest BCUT2D eigenvalue weighted by Crippen LogP contribution is -2.37. The van der Waals surface area contributed by atoms with E-state index in [2.05, 4.69) is 36.8 Å². The summed E-state index contributed by atoms with van der Waals surface area (Å²) in [4.78, 5) is 16.0. The molecule has 23 heavy (non-hydrogen) atoms. The first-order valence-electron chi connectivity index (χ1n) is 7.63. The zero-order valence-electron chi connectivity index (χ0n) is 13.6. The molecule has 0 saturated carbocycles. The van der Waals surface area contributed by atoms with Crippen LogP contribution in [0.2, 0.25) is 19.6 Å². The van der Waals surface area contributed by atoms with Crippen molar-refractivity contribution in [2.45, 2.75) is 26.2 Å². The molecule has 0 radical (unpaired) electrons. The average Bonchev–Trinajstić information content (AvgIpc) is 2.86. The number of carboxylic acids is 1. The van der Waals surface area contributed by atoms with Crippen molar-refractivity contribution in [2.24, 2.45) is 0 Å². The van der Waals surface area contributed by atoms with E-state index in [0.717, 1.165) is 16.6 Å². The molecule has 0 bridgehead atoms. The number of carboxylic acid groups (broad SMARTS) is 1. The van der Waals surface area contributed by atoms with E-state index in [1.807, 2.05) is 28.8 Å². The highest BCUT2D eigenvalue weighted by Gasteiger charge is 2.20. The third kappa shape index (κ3) is 3.05. The van der Waals surface area contributed by atoms with Crippen molar-refractivity contribution in [1.82, 2.24) is 9.55 Å². The lowest BCUT2D eigenvalue weighted by Gasteiger charge is -2.17. The maximum Gasteiger partial charge on any atom is 0.352 e. The third-order valence-electron chi connectivity index (χ3n) is 4.04. The van der Waals surface area contributed by atoms with Gasteiger partial charge in [0.1, 0.15) is 5.69 Å². The van der Waals surface area contributed by atoms with Crippen LogP contribution in [0.15, 0.2) is 48.7 Å². The smallest absolute Gasteiger partial charge is 0.352 e. The maximum absolute atomic E-state index is 11.6. The number of hydrogen-bond acceptors (Lipinski definition) is 2. The van der Waals surface area contributed by atoms with E-state index in [1.54, 1.807) is 12.3 Å². The molecule has 0 amide bonds. The largest absolute Gasteiger partial charge is 0.477 e. The Balaban J connectivity index is 2.19. The van der Waals surface area contributed by atoms with Gasteiger partial charge in [0.05, 0.1) is 20.3 Å². The molecule has 0 aliphatic carbocycles. The normalized spacial score (nSPS) is 11.8. The predicted octanol–water partition coefficient (Wildman–Crippen LogP) is 3.33. The summed E-state index contributed by atoms with van der Waals surface area (Å²) in [6, 6.07) is 13.8. The predicted molar refractivity (Wildman–Crippen MR) is 95.2 cm³/mol. The molecule has 0 saturated heterocycles. The number of aromatic nitrogens is 2. The summed E-state index contributed by atoms with van der Waals surface area (Å²) >= 11 is 0. The van der Waals surface area contributed by atoms with Gasteiger partial charge in [0.15, 0.2) is 0 Å². The summed E-state index contributed by atoms with van der Waals surface area (Å²) in [6.07, 6.45) is 1.73. The highest BCUT2D eigenvalue weighted by molar-refractivity contribution is 6.88. The molecule has 0 fully saturated rings. The molecule has 3 rings (SSSR count). The molecule has 0 aliphatic rings. The van der Waals surface area contributed by atoms with Gasteiger partial charge in [-0.2, -0.15) is 0 Å².